The molecule has 0 fully saturated rings. The van der Waals surface area contributed by atoms with Gasteiger partial charge in [-0.15, -0.1) is 0 Å². The van der Waals surface area contributed by atoms with Crippen molar-refractivity contribution in [3.05, 3.63) is 102 Å². The van der Waals surface area contributed by atoms with E-state index in [-0.39, 0.29) is 30.5 Å². The largest absolute Gasteiger partial charge is 0.481 e. The van der Waals surface area contributed by atoms with Gasteiger partial charge in [0.2, 0.25) is 0 Å². The third-order valence-corrected chi connectivity index (χ3v) is 6.94. The van der Waals surface area contributed by atoms with Gasteiger partial charge in [0.05, 0.1) is 24.2 Å². The molecule has 4 N–H and O–H groups in total. The summed E-state index contributed by atoms with van der Waals surface area (Å²) in [6.45, 7) is 4.25. The van der Waals surface area contributed by atoms with E-state index in [0.29, 0.717) is 29.1 Å². The van der Waals surface area contributed by atoms with E-state index in [0.717, 1.165) is 16.8 Å². The normalized spacial score (nSPS) is 12.7. The van der Waals surface area contributed by atoms with Crippen LogP contribution in [-0.4, -0.2) is 44.0 Å². The molecule has 1 amide bonds. The highest BCUT2D eigenvalue weighted by molar-refractivity contribution is 6.06. The van der Waals surface area contributed by atoms with Crippen molar-refractivity contribution in [3.8, 4) is 22.4 Å². The molecule has 4 aromatic rings. The minimum absolute atomic E-state index is 0.0738. The van der Waals surface area contributed by atoms with E-state index in [1.807, 2.05) is 73.0 Å². The van der Waals surface area contributed by atoms with Crippen LogP contribution in [0.4, 0.5) is 10.1 Å². The number of rotatable bonds is 12. The van der Waals surface area contributed by atoms with Crippen LogP contribution in [0, 0.1) is 5.82 Å². The van der Waals surface area contributed by atoms with Crippen molar-refractivity contribution in [1.29, 1.82) is 0 Å². The van der Waals surface area contributed by atoms with Gasteiger partial charge in [-0.25, -0.2) is 4.39 Å². The van der Waals surface area contributed by atoms with Crippen LogP contribution >= 0.6 is 0 Å². The fourth-order valence-corrected chi connectivity index (χ4v) is 5.07. The Kier molecular flexibility index (Phi) is 9.70. The summed E-state index contributed by atoms with van der Waals surface area (Å²) in [4.78, 5) is 24.6. The quantitative estimate of drug-likeness (QED) is 0.163. The van der Waals surface area contributed by atoms with Crippen molar-refractivity contribution >= 4 is 17.6 Å². The summed E-state index contributed by atoms with van der Waals surface area (Å²) in [6.07, 6.45) is -2.43. The summed E-state index contributed by atoms with van der Waals surface area (Å²) in [7, 11) is 0. The second-order valence-electron chi connectivity index (χ2n) is 10.5. The van der Waals surface area contributed by atoms with Crippen LogP contribution in [0.5, 0.6) is 0 Å². The van der Waals surface area contributed by atoms with E-state index in [1.165, 1.54) is 12.1 Å². The molecule has 41 heavy (non-hydrogen) atoms. The molecule has 3 aromatic carbocycles. The molecule has 0 radical (unpaired) electrons. The molecule has 0 aliphatic carbocycles. The molecule has 0 aliphatic rings. The van der Waals surface area contributed by atoms with Gasteiger partial charge in [0.25, 0.3) is 5.91 Å². The predicted octanol–water partition coefficient (Wildman–Crippen LogP) is 6.31. The molecule has 7 nitrogen and oxygen atoms in total. The zero-order valence-electron chi connectivity index (χ0n) is 23.1. The molecule has 0 unspecified atom stereocenters. The number of aromatic nitrogens is 1. The van der Waals surface area contributed by atoms with Gasteiger partial charge < -0.3 is 25.2 Å². The number of carbonyl (C=O) groups excluding carboxylic acids is 1. The van der Waals surface area contributed by atoms with E-state index < -0.39 is 24.6 Å². The molecule has 4 rings (SSSR count). The minimum Gasteiger partial charge on any atom is -0.481 e. The zero-order chi connectivity index (χ0) is 29.5. The number of halogens is 1. The number of carbonyl (C=O) groups is 2. The standard InChI is InChI=1S/C33H35FN2O5/c1-21(2)32-29(33(41)35-26-10-6-9-24(17-26)22-7-4-3-5-8-22)20-30(23-11-13-25(34)14-12-23)36(32)16-15-27(37)18-28(38)19-31(39)40/h3-14,17,20-21,27-28,37-38H,15-16,18-19H2,1-2H3,(H,35,41)(H,39,40)/t27-,28-/m1/s1. The topological polar surface area (TPSA) is 112 Å². The summed E-state index contributed by atoms with van der Waals surface area (Å²) < 4.78 is 15.7. The van der Waals surface area contributed by atoms with Crippen LogP contribution in [0.1, 0.15) is 55.1 Å². The van der Waals surface area contributed by atoms with Crippen molar-refractivity contribution in [1.82, 2.24) is 4.57 Å². The Morgan fingerprint density at radius 1 is 0.854 bits per heavy atom. The van der Waals surface area contributed by atoms with Crippen LogP contribution in [0.2, 0.25) is 0 Å². The van der Waals surface area contributed by atoms with Gasteiger partial charge in [0.1, 0.15) is 5.82 Å². The van der Waals surface area contributed by atoms with E-state index in [4.69, 9.17) is 5.11 Å². The fraction of sp³-hybridized carbons (Fsp3) is 0.273. The Bertz CT molecular complexity index is 1480. The van der Waals surface area contributed by atoms with Crippen molar-refractivity contribution < 1.29 is 29.3 Å². The molecule has 0 aliphatic heterocycles. The second kappa shape index (κ2) is 13.4. The van der Waals surface area contributed by atoms with Crippen molar-refractivity contribution in [3.63, 3.8) is 0 Å². The number of anilines is 1. The number of nitrogens with one attached hydrogen (secondary N) is 1. The van der Waals surface area contributed by atoms with Gasteiger partial charge in [-0.05, 0) is 77.9 Å². The number of carboxylic acids is 1. The molecule has 0 bridgehead atoms. The molecule has 214 valence electrons. The molecular weight excluding hydrogens is 523 g/mol. The van der Waals surface area contributed by atoms with Crippen molar-refractivity contribution in [2.45, 2.75) is 57.8 Å². The molecule has 1 heterocycles. The van der Waals surface area contributed by atoms with Gasteiger partial charge in [0, 0.05) is 23.6 Å². The van der Waals surface area contributed by atoms with Gasteiger partial charge in [0.15, 0.2) is 0 Å². The van der Waals surface area contributed by atoms with Crippen LogP contribution in [0.25, 0.3) is 22.4 Å². The summed E-state index contributed by atoms with van der Waals surface area (Å²) in [5.74, 6) is -1.88. The smallest absolute Gasteiger partial charge is 0.305 e. The van der Waals surface area contributed by atoms with Gasteiger partial charge >= 0.3 is 5.97 Å². The van der Waals surface area contributed by atoms with Gasteiger partial charge in [-0.3, -0.25) is 9.59 Å². The number of hydrogen-bond donors (Lipinski definition) is 4. The first-order valence-corrected chi connectivity index (χ1v) is 13.7. The monoisotopic (exact) mass is 558 g/mol. The van der Waals surface area contributed by atoms with Gasteiger partial charge in [-0.2, -0.15) is 0 Å². The first-order valence-electron chi connectivity index (χ1n) is 13.7. The number of nitrogens with zero attached hydrogens (tertiary/aromatic N) is 1. The fourth-order valence-electron chi connectivity index (χ4n) is 5.07. The maximum Gasteiger partial charge on any atom is 0.305 e. The molecule has 0 saturated carbocycles. The highest BCUT2D eigenvalue weighted by Gasteiger charge is 2.24. The Labute approximate surface area is 238 Å². The number of hydrogen-bond acceptors (Lipinski definition) is 4. The molecule has 0 saturated heterocycles. The van der Waals surface area contributed by atoms with Crippen molar-refractivity contribution in [2.75, 3.05) is 5.32 Å². The third kappa shape index (κ3) is 7.68. The molecule has 1 aromatic heterocycles. The van der Waals surface area contributed by atoms with E-state index in [9.17, 15) is 24.2 Å². The SMILES string of the molecule is CC(C)c1c(C(=O)Nc2cccc(-c3ccccc3)c2)cc(-c2ccc(F)cc2)n1CC[C@@H](O)C[C@@H](O)CC(=O)O. The average Bonchev–Trinajstić information content (AvgIpc) is 3.32. The number of benzene rings is 3. The predicted molar refractivity (Wildman–Crippen MR) is 157 cm³/mol. The number of amides is 1. The number of aliphatic carboxylic acids is 1. The van der Waals surface area contributed by atoms with E-state index in [2.05, 4.69) is 5.32 Å². The summed E-state index contributed by atoms with van der Waals surface area (Å²) in [5.41, 5.74) is 5.25. The zero-order valence-corrected chi connectivity index (χ0v) is 23.1. The lowest BCUT2D eigenvalue weighted by molar-refractivity contribution is -0.139. The summed E-state index contributed by atoms with van der Waals surface area (Å²) in [6, 6.07) is 25.3. The number of carboxylic acid groups (broad SMARTS) is 1. The van der Waals surface area contributed by atoms with Crippen molar-refractivity contribution in [2.24, 2.45) is 0 Å². The maximum atomic E-state index is 13.7. The molecule has 2 atom stereocenters. The third-order valence-electron chi connectivity index (χ3n) is 6.94. The van der Waals surface area contributed by atoms with E-state index in [1.54, 1.807) is 18.2 Å². The Balaban J connectivity index is 1.66. The molecular formula is C33H35FN2O5. The Morgan fingerprint density at radius 3 is 2.20 bits per heavy atom. The summed E-state index contributed by atoms with van der Waals surface area (Å²) >= 11 is 0. The minimum atomic E-state index is -1.17. The lowest BCUT2D eigenvalue weighted by Gasteiger charge is -2.20. The Morgan fingerprint density at radius 2 is 1.54 bits per heavy atom. The highest BCUT2D eigenvalue weighted by atomic mass is 19.1. The average molecular weight is 559 g/mol. The highest BCUT2D eigenvalue weighted by Crippen LogP contribution is 2.33. The van der Waals surface area contributed by atoms with E-state index >= 15 is 0 Å². The molecule has 8 heteroatoms. The molecule has 0 spiro atoms. The van der Waals surface area contributed by atoms with Crippen LogP contribution in [0.3, 0.4) is 0 Å². The lowest BCUT2D eigenvalue weighted by Crippen LogP contribution is -2.22. The number of aliphatic hydroxyl groups excluding tert-OH is 2. The summed E-state index contributed by atoms with van der Waals surface area (Å²) in [5, 5.41) is 32.4. The van der Waals surface area contributed by atoms with Crippen LogP contribution < -0.4 is 5.32 Å². The first kappa shape index (κ1) is 29.7. The second-order valence-corrected chi connectivity index (χ2v) is 10.5. The van der Waals surface area contributed by atoms with Gasteiger partial charge in [-0.1, -0.05) is 56.3 Å². The van der Waals surface area contributed by atoms with Crippen LogP contribution in [0.15, 0.2) is 84.9 Å². The Hall–Kier alpha value is -4.27. The lowest BCUT2D eigenvalue weighted by atomic mass is 10.0. The number of aliphatic hydroxyl groups is 2. The van der Waals surface area contributed by atoms with Crippen LogP contribution in [-0.2, 0) is 11.3 Å². The first-order chi connectivity index (χ1) is 19.6. The maximum absolute atomic E-state index is 13.7.